The maximum atomic E-state index is 13.2. The van der Waals surface area contributed by atoms with Crippen LogP contribution in [0.4, 0.5) is 4.39 Å². The van der Waals surface area contributed by atoms with Gasteiger partial charge in [-0.05, 0) is 34.7 Å². The van der Waals surface area contributed by atoms with Crippen molar-refractivity contribution in [3.8, 4) is 0 Å². The molecule has 124 valence electrons. The zero-order valence-corrected chi connectivity index (χ0v) is 14.4. The molecule has 0 bridgehead atoms. The SMILES string of the molecule is O=S(=O)(Cc1ccccc1)NC(c1ccc(F)cc1)c1cccs1. The third-order valence-corrected chi connectivity index (χ3v) is 5.77. The van der Waals surface area contributed by atoms with Gasteiger partial charge in [-0.2, -0.15) is 0 Å². The van der Waals surface area contributed by atoms with Crippen molar-refractivity contribution in [2.45, 2.75) is 11.8 Å². The molecule has 1 N–H and O–H groups in total. The molecule has 2 aromatic carbocycles. The fourth-order valence-electron chi connectivity index (χ4n) is 2.42. The predicted molar refractivity (Wildman–Crippen MR) is 94.8 cm³/mol. The highest BCUT2D eigenvalue weighted by Gasteiger charge is 2.22. The fraction of sp³-hybridized carbons (Fsp3) is 0.111. The molecule has 3 rings (SSSR count). The summed E-state index contributed by atoms with van der Waals surface area (Å²) in [6, 6.07) is 18.1. The average molecular weight is 361 g/mol. The van der Waals surface area contributed by atoms with Gasteiger partial charge in [0.25, 0.3) is 0 Å². The highest BCUT2D eigenvalue weighted by Crippen LogP contribution is 2.27. The summed E-state index contributed by atoms with van der Waals surface area (Å²) in [4.78, 5) is 0.859. The maximum Gasteiger partial charge on any atom is 0.216 e. The van der Waals surface area contributed by atoms with Gasteiger partial charge in [-0.3, -0.25) is 0 Å². The van der Waals surface area contributed by atoms with Gasteiger partial charge < -0.3 is 0 Å². The van der Waals surface area contributed by atoms with E-state index in [1.54, 1.807) is 24.3 Å². The second kappa shape index (κ2) is 7.25. The summed E-state index contributed by atoms with van der Waals surface area (Å²) in [7, 11) is -3.56. The first-order valence-corrected chi connectivity index (χ1v) is 9.89. The van der Waals surface area contributed by atoms with Crippen LogP contribution in [0.25, 0.3) is 0 Å². The summed E-state index contributed by atoms with van der Waals surface area (Å²) in [5, 5.41) is 1.89. The quantitative estimate of drug-likeness (QED) is 0.719. The summed E-state index contributed by atoms with van der Waals surface area (Å²) < 4.78 is 41.1. The van der Waals surface area contributed by atoms with Crippen molar-refractivity contribution in [3.05, 3.63) is 93.9 Å². The first kappa shape index (κ1) is 16.8. The molecule has 0 aliphatic heterocycles. The Labute approximate surface area is 144 Å². The van der Waals surface area contributed by atoms with Gasteiger partial charge in [0.2, 0.25) is 10.0 Å². The molecule has 0 saturated carbocycles. The molecule has 0 spiro atoms. The smallest absolute Gasteiger partial charge is 0.212 e. The van der Waals surface area contributed by atoms with Crippen molar-refractivity contribution in [1.29, 1.82) is 0 Å². The van der Waals surface area contributed by atoms with Gasteiger partial charge >= 0.3 is 0 Å². The van der Waals surface area contributed by atoms with E-state index in [1.807, 2.05) is 35.7 Å². The Morgan fingerprint density at radius 1 is 0.958 bits per heavy atom. The number of thiophene rings is 1. The van der Waals surface area contributed by atoms with Crippen LogP contribution in [0, 0.1) is 5.82 Å². The Balaban J connectivity index is 1.88. The van der Waals surface area contributed by atoms with Gasteiger partial charge in [-0.15, -0.1) is 11.3 Å². The van der Waals surface area contributed by atoms with Crippen molar-refractivity contribution >= 4 is 21.4 Å². The van der Waals surface area contributed by atoms with E-state index in [-0.39, 0.29) is 11.6 Å². The highest BCUT2D eigenvalue weighted by molar-refractivity contribution is 7.88. The zero-order chi connectivity index (χ0) is 17.0. The largest absolute Gasteiger partial charge is 0.216 e. The lowest BCUT2D eigenvalue weighted by Crippen LogP contribution is -2.30. The maximum absolute atomic E-state index is 13.2. The zero-order valence-electron chi connectivity index (χ0n) is 12.7. The van der Waals surface area contributed by atoms with Gasteiger partial charge in [0.15, 0.2) is 0 Å². The van der Waals surface area contributed by atoms with E-state index in [0.29, 0.717) is 11.1 Å². The van der Waals surface area contributed by atoms with E-state index >= 15 is 0 Å². The number of nitrogens with one attached hydrogen (secondary N) is 1. The molecule has 0 amide bonds. The lowest BCUT2D eigenvalue weighted by atomic mass is 10.1. The van der Waals surface area contributed by atoms with Gasteiger partial charge in [0.05, 0.1) is 11.8 Å². The van der Waals surface area contributed by atoms with E-state index in [0.717, 1.165) is 4.88 Å². The van der Waals surface area contributed by atoms with Crippen molar-refractivity contribution in [3.63, 3.8) is 0 Å². The number of benzene rings is 2. The molecule has 0 aliphatic carbocycles. The Kier molecular flexibility index (Phi) is 5.08. The molecule has 1 atom stereocenters. The first-order chi connectivity index (χ1) is 11.5. The number of hydrogen-bond donors (Lipinski definition) is 1. The molecule has 0 radical (unpaired) electrons. The van der Waals surface area contributed by atoms with Gasteiger partial charge in [-0.25, -0.2) is 17.5 Å². The van der Waals surface area contributed by atoms with Gasteiger partial charge in [-0.1, -0.05) is 48.5 Å². The number of sulfonamides is 1. The number of halogens is 1. The second-order valence-corrected chi connectivity index (χ2v) is 8.10. The van der Waals surface area contributed by atoms with Crippen LogP contribution in [0.5, 0.6) is 0 Å². The fourth-order valence-corrected chi connectivity index (χ4v) is 4.63. The molecule has 1 heterocycles. The summed E-state index contributed by atoms with van der Waals surface area (Å²) in [6.07, 6.45) is 0. The Hall–Kier alpha value is -2.02. The second-order valence-electron chi connectivity index (χ2n) is 5.36. The minimum absolute atomic E-state index is 0.100. The van der Waals surface area contributed by atoms with Crippen molar-refractivity contribution in [2.24, 2.45) is 0 Å². The molecular formula is C18H16FNO2S2. The van der Waals surface area contributed by atoms with Crippen molar-refractivity contribution < 1.29 is 12.8 Å². The van der Waals surface area contributed by atoms with Crippen LogP contribution in [0.15, 0.2) is 72.1 Å². The Morgan fingerprint density at radius 3 is 2.29 bits per heavy atom. The van der Waals surface area contributed by atoms with Crippen LogP contribution in [0.3, 0.4) is 0 Å². The summed E-state index contributed by atoms with van der Waals surface area (Å²) >= 11 is 1.46. The summed E-state index contributed by atoms with van der Waals surface area (Å²) in [5.41, 5.74) is 1.42. The Bertz CT molecular complexity index is 877. The topological polar surface area (TPSA) is 46.2 Å². The van der Waals surface area contributed by atoms with Crippen LogP contribution < -0.4 is 4.72 Å². The lowest BCUT2D eigenvalue weighted by Gasteiger charge is -2.18. The van der Waals surface area contributed by atoms with Crippen LogP contribution in [0.1, 0.15) is 22.0 Å². The van der Waals surface area contributed by atoms with Crippen LogP contribution >= 0.6 is 11.3 Å². The summed E-state index contributed by atoms with van der Waals surface area (Å²) in [6.45, 7) is 0. The van der Waals surface area contributed by atoms with E-state index in [9.17, 15) is 12.8 Å². The van der Waals surface area contributed by atoms with Gasteiger partial charge in [0, 0.05) is 4.88 Å². The average Bonchev–Trinajstić information content (AvgIpc) is 3.08. The molecule has 1 aromatic heterocycles. The molecule has 6 heteroatoms. The van der Waals surface area contributed by atoms with E-state index in [1.165, 1.54) is 23.5 Å². The molecule has 1 unspecified atom stereocenters. The minimum atomic E-state index is -3.56. The molecule has 24 heavy (non-hydrogen) atoms. The monoisotopic (exact) mass is 361 g/mol. The third-order valence-electron chi connectivity index (χ3n) is 3.53. The number of rotatable bonds is 6. The van der Waals surface area contributed by atoms with Crippen molar-refractivity contribution in [1.82, 2.24) is 4.72 Å². The molecule has 3 aromatic rings. The summed E-state index contributed by atoms with van der Waals surface area (Å²) in [5.74, 6) is -0.451. The van der Waals surface area contributed by atoms with Gasteiger partial charge in [0.1, 0.15) is 5.82 Å². The number of hydrogen-bond acceptors (Lipinski definition) is 3. The lowest BCUT2D eigenvalue weighted by molar-refractivity contribution is 0.572. The first-order valence-electron chi connectivity index (χ1n) is 7.36. The molecular weight excluding hydrogens is 345 g/mol. The third kappa shape index (κ3) is 4.29. The van der Waals surface area contributed by atoms with E-state index < -0.39 is 16.1 Å². The molecule has 0 aliphatic rings. The van der Waals surface area contributed by atoms with Crippen LogP contribution in [-0.4, -0.2) is 8.42 Å². The molecule has 0 saturated heterocycles. The van der Waals surface area contributed by atoms with Crippen LogP contribution in [-0.2, 0) is 15.8 Å². The highest BCUT2D eigenvalue weighted by atomic mass is 32.2. The normalized spacial score (nSPS) is 12.9. The molecule has 0 fully saturated rings. The van der Waals surface area contributed by atoms with Crippen LogP contribution in [0.2, 0.25) is 0 Å². The Morgan fingerprint density at radius 2 is 1.67 bits per heavy atom. The van der Waals surface area contributed by atoms with Crippen molar-refractivity contribution in [2.75, 3.05) is 0 Å². The van der Waals surface area contributed by atoms with E-state index in [2.05, 4.69) is 4.72 Å². The minimum Gasteiger partial charge on any atom is -0.212 e. The van der Waals surface area contributed by atoms with E-state index in [4.69, 9.17) is 0 Å². The standard InChI is InChI=1S/C18H16FNO2S2/c19-16-10-8-15(9-11-16)18(17-7-4-12-23-17)20-24(21,22)13-14-5-2-1-3-6-14/h1-12,18,20H,13H2. The molecule has 3 nitrogen and oxygen atoms in total. The predicted octanol–water partition coefficient (Wildman–Crippen LogP) is 4.10.